The highest BCUT2D eigenvalue weighted by Crippen LogP contribution is 2.28. The largest absolute Gasteiger partial charge is 0.575 e. The van der Waals surface area contributed by atoms with Crippen molar-refractivity contribution in [3.8, 4) is 6.01 Å². The molecular weight excluding hydrogens is 299 g/mol. The lowest BCUT2D eigenvalue weighted by Crippen LogP contribution is -2.30. The number of alkyl halides is 3. The standard InChI is InChI=1S/C10H10F3N3O3S/c1-15(2)20(17,18)16-8-6-4-3-5-7(8)14-9(16)19-10(11,12)13/h3-6H,1-2H3. The monoisotopic (exact) mass is 309 g/mol. The number of rotatable bonds is 3. The Bertz CT molecular complexity index is 737. The molecule has 0 saturated heterocycles. The van der Waals surface area contributed by atoms with Gasteiger partial charge in [-0.3, -0.25) is 0 Å². The fraction of sp³-hybridized carbons (Fsp3) is 0.300. The molecule has 10 heteroatoms. The molecule has 0 N–H and O–H groups in total. The average molecular weight is 309 g/mol. The second-order valence-corrected chi connectivity index (χ2v) is 5.98. The van der Waals surface area contributed by atoms with Gasteiger partial charge in [0, 0.05) is 14.1 Å². The number of para-hydroxylation sites is 2. The van der Waals surface area contributed by atoms with Crippen molar-refractivity contribution in [1.82, 2.24) is 13.3 Å². The highest BCUT2D eigenvalue weighted by atomic mass is 32.2. The molecule has 110 valence electrons. The van der Waals surface area contributed by atoms with E-state index in [-0.39, 0.29) is 11.0 Å². The number of hydrogen-bond acceptors (Lipinski definition) is 4. The lowest BCUT2D eigenvalue weighted by molar-refractivity contribution is -0.277. The molecule has 2 rings (SSSR count). The van der Waals surface area contributed by atoms with Gasteiger partial charge < -0.3 is 4.74 Å². The van der Waals surface area contributed by atoms with Gasteiger partial charge in [0.15, 0.2) is 0 Å². The number of benzene rings is 1. The van der Waals surface area contributed by atoms with Crippen LogP contribution in [0, 0.1) is 0 Å². The summed E-state index contributed by atoms with van der Waals surface area (Å²) in [6, 6.07) is 4.70. The van der Waals surface area contributed by atoms with Crippen LogP contribution in [0.1, 0.15) is 0 Å². The molecule has 0 atom stereocenters. The smallest absolute Gasteiger partial charge is 0.371 e. The lowest BCUT2D eigenvalue weighted by atomic mass is 10.3. The van der Waals surface area contributed by atoms with Crippen molar-refractivity contribution in [1.29, 1.82) is 0 Å². The molecule has 0 radical (unpaired) electrons. The summed E-state index contributed by atoms with van der Waals surface area (Å²) in [7, 11) is -1.81. The van der Waals surface area contributed by atoms with Crippen molar-refractivity contribution in [3.05, 3.63) is 24.3 Å². The first-order valence-corrected chi connectivity index (χ1v) is 6.69. The Kier molecular flexibility index (Phi) is 3.38. The molecule has 0 bridgehead atoms. The van der Waals surface area contributed by atoms with Crippen molar-refractivity contribution in [3.63, 3.8) is 0 Å². The van der Waals surface area contributed by atoms with Crippen LogP contribution in [0.4, 0.5) is 13.2 Å². The zero-order valence-electron chi connectivity index (χ0n) is 10.4. The number of halogens is 3. The molecule has 1 aromatic carbocycles. The Hall–Kier alpha value is -1.81. The van der Waals surface area contributed by atoms with Gasteiger partial charge >= 0.3 is 22.6 Å². The lowest BCUT2D eigenvalue weighted by Gasteiger charge is -2.15. The maximum absolute atomic E-state index is 12.4. The molecule has 2 aromatic rings. The van der Waals surface area contributed by atoms with Gasteiger partial charge in [-0.1, -0.05) is 12.1 Å². The van der Waals surface area contributed by atoms with Crippen molar-refractivity contribution in [2.45, 2.75) is 6.36 Å². The molecule has 1 aromatic heterocycles. The van der Waals surface area contributed by atoms with E-state index >= 15 is 0 Å². The van der Waals surface area contributed by atoms with E-state index in [0.29, 0.717) is 3.97 Å². The number of hydrogen-bond donors (Lipinski definition) is 0. The van der Waals surface area contributed by atoms with Gasteiger partial charge in [0.1, 0.15) is 0 Å². The predicted molar refractivity (Wildman–Crippen MR) is 64.4 cm³/mol. The van der Waals surface area contributed by atoms with Gasteiger partial charge in [-0.15, -0.1) is 13.2 Å². The summed E-state index contributed by atoms with van der Waals surface area (Å²) < 4.78 is 66.2. The van der Waals surface area contributed by atoms with Crippen LogP contribution in [0.25, 0.3) is 11.0 Å². The minimum atomic E-state index is -5.04. The SMILES string of the molecule is CN(C)S(=O)(=O)n1c(OC(F)(F)F)nc2ccccc21. The molecule has 6 nitrogen and oxygen atoms in total. The summed E-state index contributed by atoms with van der Waals surface area (Å²) >= 11 is 0. The van der Waals surface area contributed by atoms with Crippen LogP contribution < -0.4 is 4.74 Å². The molecule has 0 aliphatic heterocycles. The van der Waals surface area contributed by atoms with Crippen LogP contribution in [0.5, 0.6) is 6.01 Å². The van der Waals surface area contributed by atoms with Crippen molar-refractivity contribution in [2.24, 2.45) is 0 Å². The first-order valence-electron chi connectivity index (χ1n) is 5.29. The second-order valence-electron chi connectivity index (χ2n) is 3.99. The van der Waals surface area contributed by atoms with Gasteiger partial charge in [-0.05, 0) is 12.1 Å². The van der Waals surface area contributed by atoms with Gasteiger partial charge in [0.05, 0.1) is 11.0 Å². The maximum atomic E-state index is 12.4. The highest BCUT2D eigenvalue weighted by Gasteiger charge is 2.36. The van der Waals surface area contributed by atoms with Gasteiger partial charge in [-0.2, -0.15) is 21.7 Å². The summed E-state index contributed by atoms with van der Waals surface area (Å²) in [4.78, 5) is 3.56. The van der Waals surface area contributed by atoms with Crippen molar-refractivity contribution in [2.75, 3.05) is 14.1 Å². The van der Waals surface area contributed by atoms with E-state index < -0.39 is 22.6 Å². The van der Waals surface area contributed by atoms with Crippen LogP contribution >= 0.6 is 0 Å². The molecular formula is C10H10F3N3O3S. The average Bonchev–Trinajstić information content (AvgIpc) is 2.64. The first kappa shape index (κ1) is 14.6. The second kappa shape index (κ2) is 4.63. The molecule has 0 unspecified atom stereocenters. The van der Waals surface area contributed by atoms with E-state index in [9.17, 15) is 21.6 Å². The van der Waals surface area contributed by atoms with E-state index in [1.54, 1.807) is 0 Å². The summed E-state index contributed by atoms with van der Waals surface area (Å²) in [6.45, 7) is 0. The van der Waals surface area contributed by atoms with E-state index in [4.69, 9.17) is 0 Å². The minimum absolute atomic E-state index is 0.000417. The highest BCUT2D eigenvalue weighted by molar-refractivity contribution is 7.87. The third kappa shape index (κ3) is 2.56. The molecule has 1 heterocycles. The number of nitrogens with zero attached hydrogens (tertiary/aromatic N) is 3. The summed E-state index contributed by atoms with van der Waals surface area (Å²) in [5.41, 5.74) is 0.0811. The normalized spacial score (nSPS) is 13.1. The van der Waals surface area contributed by atoms with Crippen molar-refractivity contribution >= 4 is 21.2 Å². The molecule has 0 aliphatic carbocycles. The Morgan fingerprint density at radius 1 is 1.25 bits per heavy atom. The molecule has 0 amide bonds. The molecule has 20 heavy (non-hydrogen) atoms. The Balaban J connectivity index is 2.75. The molecule has 0 spiro atoms. The topological polar surface area (TPSA) is 64.4 Å². The third-order valence-corrected chi connectivity index (χ3v) is 4.13. The van der Waals surface area contributed by atoms with Gasteiger partial charge in [0.25, 0.3) is 0 Å². The van der Waals surface area contributed by atoms with E-state index in [0.717, 1.165) is 4.31 Å². The summed E-state index contributed by atoms with van der Waals surface area (Å²) in [5.74, 6) is 0. The quantitative estimate of drug-likeness (QED) is 0.863. The maximum Gasteiger partial charge on any atom is 0.575 e. The zero-order valence-corrected chi connectivity index (χ0v) is 11.2. The number of ether oxygens (including phenoxy) is 1. The zero-order chi connectivity index (χ0) is 15.1. The van der Waals surface area contributed by atoms with Crippen LogP contribution in [0.3, 0.4) is 0 Å². The van der Waals surface area contributed by atoms with Gasteiger partial charge in [-0.25, -0.2) is 0 Å². The van der Waals surface area contributed by atoms with E-state index in [2.05, 4.69) is 9.72 Å². The fourth-order valence-electron chi connectivity index (χ4n) is 1.54. The van der Waals surface area contributed by atoms with E-state index in [1.165, 1.54) is 38.4 Å². The third-order valence-electron chi connectivity index (χ3n) is 2.39. The van der Waals surface area contributed by atoms with Crippen LogP contribution in [-0.2, 0) is 10.2 Å². The first-order chi connectivity index (χ1) is 9.13. The molecule has 0 fully saturated rings. The molecule has 0 saturated carbocycles. The number of fused-ring (bicyclic) bond motifs is 1. The van der Waals surface area contributed by atoms with Crippen molar-refractivity contribution < 1.29 is 26.3 Å². The number of imidazole rings is 1. The minimum Gasteiger partial charge on any atom is -0.371 e. The molecule has 0 aliphatic rings. The summed E-state index contributed by atoms with van der Waals surface area (Å²) in [6.07, 6.45) is -5.04. The van der Waals surface area contributed by atoms with Gasteiger partial charge in [0.2, 0.25) is 0 Å². The predicted octanol–water partition coefficient (Wildman–Crippen LogP) is 1.59. The fourth-order valence-corrected chi connectivity index (χ4v) is 2.54. The van der Waals surface area contributed by atoms with Crippen LogP contribution in [0.15, 0.2) is 24.3 Å². The Morgan fingerprint density at radius 2 is 1.85 bits per heavy atom. The van der Waals surface area contributed by atoms with Crippen LogP contribution in [0.2, 0.25) is 0 Å². The van der Waals surface area contributed by atoms with Crippen LogP contribution in [-0.4, -0.2) is 42.1 Å². The Labute approximate surface area is 112 Å². The van der Waals surface area contributed by atoms with E-state index in [1.807, 2.05) is 0 Å². The Morgan fingerprint density at radius 3 is 2.40 bits per heavy atom. The number of aromatic nitrogens is 2. The summed E-state index contributed by atoms with van der Waals surface area (Å²) in [5, 5.41) is 0.